The molecule has 0 fully saturated rings. The van der Waals surface area contributed by atoms with Crippen molar-refractivity contribution in [2.45, 2.75) is 13.8 Å². The van der Waals surface area contributed by atoms with Gasteiger partial charge in [0, 0.05) is 23.1 Å². The lowest BCUT2D eigenvalue weighted by atomic mass is 10.1. The molecular weight excluding hydrogens is 296 g/mol. The Kier molecular flexibility index (Phi) is 3.03. The van der Waals surface area contributed by atoms with E-state index in [-0.39, 0.29) is 5.56 Å². The van der Waals surface area contributed by atoms with E-state index in [0.29, 0.717) is 16.2 Å². The Bertz CT molecular complexity index is 835. The molecule has 20 heavy (non-hydrogen) atoms. The van der Waals surface area contributed by atoms with Crippen LogP contribution in [-0.4, -0.2) is 20.5 Å². The summed E-state index contributed by atoms with van der Waals surface area (Å²) >= 11 is 7.56. The number of carboxylic acid groups (broad SMARTS) is 1. The summed E-state index contributed by atoms with van der Waals surface area (Å²) < 4.78 is 1.79. The molecule has 6 heteroatoms. The molecule has 0 aliphatic heterocycles. The number of halogens is 1. The van der Waals surface area contributed by atoms with E-state index >= 15 is 0 Å². The zero-order valence-electron chi connectivity index (χ0n) is 10.8. The molecule has 0 aliphatic carbocycles. The van der Waals surface area contributed by atoms with E-state index in [0.717, 1.165) is 16.3 Å². The molecular formula is C14H11ClN2O2S. The monoisotopic (exact) mass is 306 g/mol. The third-order valence-electron chi connectivity index (χ3n) is 3.14. The van der Waals surface area contributed by atoms with Gasteiger partial charge in [-0.25, -0.2) is 9.78 Å². The van der Waals surface area contributed by atoms with E-state index < -0.39 is 5.97 Å². The van der Waals surface area contributed by atoms with Gasteiger partial charge in [-0.05, 0) is 31.4 Å². The number of thiophene rings is 1. The molecule has 3 heterocycles. The predicted octanol–water partition coefficient (Wildman–Crippen LogP) is 4.03. The van der Waals surface area contributed by atoms with Crippen LogP contribution in [0.5, 0.6) is 0 Å². The summed E-state index contributed by atoms with van der Waals surface area (Å²) in [4.78, 5) is 16.8. The molecule has 0 aromatic carbocycles. The molecule has 0 amide bonds. The number of carbonyl (C=O) groups is 1. The summed E-state index contributed by atoms with van der Waals surface area (Å²) in [6.07, 6.45) is 1.79. The van der Waals surface area contributed by atoms with Crippen LogP contribution in [0.4, 0.5) is 0 Å². The quantitative estimate of drug-likeness (QED) is 0.777. The third kappa shape index (κ3) is 1.90. The van der Waals surface area contributed by atoms with Gasteiger partial charge in [0.1, 0.15) is 5.56 Å². The second-order valence-electron chi connectivity index (χ2n) is 4.55. The second-order valence-corrected chi connectivity index (χ2v) is 5.88. The van der Waals surface area contributed by atoms with Crippen molar-refractivity contribution in [1.29, 1.82) is 0 Å². The molecule has 0 atom stereocenters. The fourth-order valence-electron chi connectivity index (χ4n) is 2.31. The Hall–Kier alpha value is -1.85. The van der Waals surface area contributed by atoms with E-state index in [2.05, 4.69) is 4.98 Å². The topological polar surface area (TPSA) is 54.6 Å². The standard InChI is InChI=1S/C14H11ClN2O2S/c1-7-5-8(2)17-6-9(12-10(15)3-4-20-12)11(14(18)19)13(17)16-7/h3-6H,1-2H3,(H,18,19). The van der Waals surface area contributed by atoms with Crippen molar-refractivity contribution in [1.82, 2.24) is 9.38 Å². The predicted molar refractivity (Wildman–Crippen MR) is 79.9 cm³/mol. The number of fused-ring (bicyclic) bond motifs is 1. The molecule has 1 N–H and O–H groups in total. The number of aromatic carboxylic acids is 1. The third-order valence-corrected chi connectivity index (χ3v) is 4.51. The van der Waals surface area contributed by atoms with Gasteiger partial charge < -0.3 is 9.51 Å². The van der Waals surface area contributed by atoms with Crippen LogP contribution in [0.15, 0.2) is 23.7 Å². The number of aromatic nitrogens is 2. The zero-order valence-corrected chi connectivity index (χ0v) is 12.4. The first-order valence-corrected chi connectivity index (χ1v) is 7.20. The average molecular weight is 307 g/mol. The Morgan fingerprint density at radius 1 is 1.45 bits per heavy atom. The maximum absolute atomic E-state index is 11.6. The first-order chi connectivity index (χ1) is 9.49. The van der Waals surface area contributed by atoms with Crippen LogP contribution in [0.3, 0.4) is 0 Å². The van der Waals surface area contributed by atoms with Gasteiger partial charge in [0.2, 0.25) is 0 Å². The van der Waals surface area contributed by atoms with E-state index in [9.17, 15) is 9.90 Å². The number of hydrogen-bond donors (Lipinski definition) is 1. The van der Waals surface area contributed by atoms with Gasteiger partial charge in [-0.2, -0.15) is 0 Å². The minimum absolute atomic E-state index is 0.196. The summed E-state index contributed by atoms with van der Waals surface area (Å²) in [6.45, 7) is 3.77. The van der Waals surface area contributed by atoms with Crippen LogP contribution in [0.25, 0.3) is 16.1 Å². The van der Waals surface area contributed by atoms with Crippen molar-refractivity contribution < 1.29 is 9.90 Å². The zero-order chi connectivity index (χ0) is 14.4. The molecule has 3 rings (SSSR count). The highest BCUT2D eigenvalue weighted by molar-refractivity contribution is 7.14. The van der Waals surface area contributed by atoms with Crippen molar-refractivity contribution in [2.24, 2.45) is 0 Å². The number of aryl methyl sites for hydroxylation is 2. The number of hydrogen-bond acceptors (Lipinski definition) is 3. The lowest BCUT2D eigenvalue weighted by Crippen LogP contribution is -2.01. The Morgan fingerprint density at radius 2 is 2.20 bits per heavy atom. The molecule has 0 unspecified atom stereocenters. The summed E-state index contributed by atoms with van der Waals surface area (Å²) in [5.41, 5.74) is 2.99. The second kappa shape index (κ2) is 4.61. The van der Waals surface area contributed by atoms with Crippen molar-refractivity contribution in [2.75, 3.05) is 0 Å². The number of rotatable bonds is 2. The highest BCUT2D eigenvalue weighted by Gasteiger charge is 2.22. The molecule has 0 saturated carbocycles. The molecule has 0 bridgehead atoms. The van der Waals surface area contributed by atoms with Gasteiger partial charge in [-0.3, -0.25) is 0 Å². The molecule has 0 saturated heterocycles. The summed E-state index contributed by atoms with van der Waals surface area (Å²) in [7, 11) is 0. The first-order valence-electron chi connectivity index (χ1n) is 5.95. The maximum Gasteiger partial charge on any atom is 0.340 e. The van der Waals surface area contributed by atoms with Gasteiger partial charge in [0.15, 0.2) is 5.65 Å². The van der Waals surface area contributed by atoms with Crippen molar-refractivity contribution in [3.05, 3.63) is 45.7 Å². The van der Waals surface area contributed by atoms with Crippen LogP contribution in [0.2, 0.25) is 5.02 Å². The first kappa shape index (κ1) is 13.1. The van der Waals surface area contributed by atoms with E-state index in [4.69, 9.17) is 11.6 Å². The smallest absolute Gasteiger partial charge is 0.340 e. The van der Waals surface area contributed by atoms with Gasteiger partial charge >= 0.3 is 5.97 Å². The normalized spacial score (nSPS) is 11.2. The minimum atomic E-state index is -0.996. The molecule has 4 nitrogen and oxygen atoms in total. The van der Waals surface area contributed by atoms with Crippen LogP contribution < -0.4 is 0 Å². The SMILES string of the molecule is Cc1cc(C)n2cc(-c3sccc3Cl)c(C(=O)O)c2n1. The van der Waals surface area contributed by atoms with Crippen LogP contribution in [0, 0.1) is 13.8 Å². The summed E-state index contributed by atoms with van der Waals surface area (Å²) in [5.74, 6) is -0.996. The maximum atomic E-state index is 11.6. The average Bonchev–Trinajstić information content (AvgIpc) is 2.92. The van der Waals surface area contributed by atoms with Gasteiger partial charge in [0.05, 0.1) is 9.90 Å². The van der Waals surface area contributed by atoms with E-state index in [1.807, 2.05) is 25.3 Å². The van der Waals surface area contributed by atoms with Crippen LogP contribution in [0.1, 0.15) is 21.7 Å². The van der Waals surface area contributed by atoms with Crippen molar-refractivity contribution in [3.63, 3.8) is 0 Å². The fourth-order valence-corrected chi connectivity index (χ4v) is 3.49. The largest absolute Gasteiger partial charge is 0.478 e. The molecule has 102 valence electrons. The Morgan fingerprint density at radius 3 is 2.80 bits per heavy atom. The number of carboxylic acids is 1. The van der Waals surface area contributed by atoms with Gasteiger partial charge in [0.25, 0.3) is 0 Å². The van der Waals surface area contributed by atoms with Crippen LogP contribution >= 0.6 is 22.9 Å². The summed E-state index contributed by atoms with van der Waals surface area (Å²) in [6, 6.07) is 3.68. The molecule has 3 aromatic heterocycles. The molecule has 0 spiro atoms. The van der Waals surface area contributed by atoms with Crippen molar-refractivity contribution in [3.8, 4) is 10.4 Å². The highest BCUT2D eigenvalue weighted by Crippen LogP contribution is 2.37. The summed E-state index contributed by atoms with van der Waals surface area (Å²) in [5, 5.41) is 11.9. The lowest BCUT2D eigenvalue weighted by Gasteiger charge is -2.02. The van der Waals surface area contributed by atoms with Gasteiger partial charge in [-0.1, -0.05) is 11.6 Å². The van der Waals surface area contributed by atoms with E-state index in [1.54, 1.807) is 16.7 Å². The fraction of sp³-hybridized carbons (Fsp3) is 0.143. The molecule has 0 radical (unpaired) electrons. The molecule has 3 aromatic rings. The Balaban J connectivity index is 2.44. The Labute approximate surface area is 124 Å². The lowest BCUT2D eigenvalue weighted by molar-refractivity contribution is 0.0700. The molecule has 0 aliphatic rings. The number of nitrogens with zero attached hydrogens (tertiary/aromatic N) is 2. The minimum Gasteiger partial charge on any atom is -0.478 e. The van der Waals surface area contributed by atoms with Gasteiger partial charge in [-0.15, -0.1) is 11.3 Å². The van der Waals surface area contributed by atoms with Crippen LogP contribution in [-0.2, 0) is 0 Å². The highest BCUT2D eigenvalue weighted by atomic mass is 35.5. The van der Waals surface area contributed by atoms with Crippen molar-refractivity contribution >= 4 is 34.6 Å². The van der Waals surface area contributed by atoms with E-state index in [1.165, 1.54) is 11.3 Å².